The van der Waals surface area contributed by atoms with Gasteiger partial charge in [0.15, 0.2) is 5.75 Å². The summed E-state index contributed by atoms with van der Waals surface area (Å²) >= 11 is 0. The number of carbonyl (C=O) groups is 2. The second-order valence-corrected chi connectivity index (χ2v) is 21.4. The number of aliphatic hydroxyl groups excluding tert-OH is 2. The van der Waals surface area contributed by atoms with Crippen molar-refractivity contribution in [2.75, 3.05) is 44.9 Å². The molecule has 19 nitrogen and oxygen atoms in total. The van der Waals surface area contributed by atoms with Crippen molar-refractivity contribution in [2.24, 2.45) is 5.92 Å². The SMILES string of the molecule is CCc1ncccc1C#C[C@H](CO)NC(=O)[C@@H]1C[C@@H](O)CN1C(=O)[C@H](C(C)C)n1cc(-c2ccc(COc3c(-c4c(C)c(F)cc5[nH]ncc45)c(C4CC4)cc4c(N5C[C@@H]6C[C@H]5CN6)nc(OC[C@H](C)OC)nc34)cc2)nn1. The summed E-state index contributed by atoms with van der Waals surface area (Å²) in [4.78, 5) is 46.6. The highest BCUT2D eigenvalue weighted by atomic mass is 19.1. The fourth-order valence-electron chi connectivity index (χ4n) is 11.2. The van der Waals surface area contributed by atoms with E-state index in [4.69, 9.17) is 24.2 Å². The van der Waals surface area contributed by atoms with Gasteiger partial charge in [0.05, 0.1) is 42.4 Å². The van der Waals surface area contributed by atoms with E-state index in [0.29, 0.717) is 51.6 Å². The first-order valence-electron chi connectivity index (χ1n) is 27.0. The summed E-state index contributed by atoms with van der Waals surface area (Å²) in [6.45, 7) is 10.9. The van der Waals surface area contributed by atoms with E-state index in [2.05, 4.69) is 58.9 Å². The van der Waals surface area contributed by atoms with Crippen LogP contribution in [0.15, 0.2) is 67.1 Å². The standard InChI is InChI=1S/C58H65FN12O7/c1-7-46-36(9-8-18-60-46)16-17-38(28-72)63-56(74)49-20-41(73)26-70(49)57(75)53(31(2)3)71-27-48(67-68-71)37-12-10-34(11-13-37)30-77-54-51(50-33(5)45(59)22-47-44(50)24-62-66-47)42(35-14-15-35)21-43-52(54)64-58(78-29-32(4)76-6)65-55(43)69-25-39-19-40(69)23-61-39/h8-13,18,21-22,24,27,31-32,35,38-41,49,53,61,72-73H,7,14-15,19-20,23,25-26,28-30H2,1-6H3,(H,62,66)(H,63,74)/t32-,38+,39-,40-,41+,49-,53-/m0/s1. The number of ether oxygens (including phenoxy) is 3. The third-order valence-corrected chi connectivity index (χ3v) is 15.6. The van der Waals surface area contributed by atoms with Crippen molar-refractivity contribution in [2.45, 2.75) is 122 Å². The number of hydrogen-bond donors (Lipinski definition) is 5. The van der Waals surface area contributed by atoms with Gasteiger partial charge in [0.25, 0.3) is 0 Å². The minimum atomic E-state index is -1.01. The Morgan fingerprint density at radius 1 is 1.03 bits per heavy atom. The minimum absolute atomic E-state index is 0.0210. The molecule has 3 aromatic carbocycles. The average molecular weight is 1060 g/mol. The van der Waals surface area contributed by atoms with Crippen LogP contribution in [-0.2, 0) is 27.4 Å². The topological polar surface area (TPSA) is 231 Å². The molecule has 7 heterocycles. The Balaban J connectivity index is 0.884. The molecule has 0 unspecified atom stereocenters. The van der Waals surface area contributed by atoms with Crippen LogP contribution in [0, 0.1) is 30.5 Å². The molecule has 7 atom stereocenters. The van der Waals surface area contributed by atoms with E-state index in [0.717, 1.165) is 76.9 Å². The van der Waals surface area contributed by atoms with Gasteiger partial charge in [0, 0.05) is 84.5 Å². The molecule has 4 aromatic heterocycles. The van der Waals surface area contributed by atoms with Crippen molar-refractivity contribution in [1.29, 1.82) is 0 Å². The lowest BCUT2D eigenvalue weighted by atomic mass is 9.88. The van der Waals surface area contributed by atoms with Gasteiger partial charge >= 0.3 is 6.01 Å². The number of benzene rings is 3. The van der Waals surface area contributed by atoms with Crippen molar-refractivity contribution in [3.05, 3.63) is 101 Å². The molecule has 1 aliphatic carbocycles. The molecular formula is C58H65FN12O7. The number of rotatable bonds is 18. The zero-order valence-electron chi connectivity index (χ0n) is 44.7. The maximum Gasteiger partial charge on any atom is 0.319 e. The minimum Gasteiger partial charge on any atom is -0.486 e. The summed E-state index contributed by atoms with van der Waals surface area (Å²) in [6.07, 6.45) is 7.62. The predicted octanol–water partition coefficient (Wildman–Crippen LogP) is 5.94. The summed E-state index contributed by atoms with van der Waals surface area (Å²) in [5.41, 5.74) is 7.68. The summed E-state index contributed by atoms with van der Waals surface area (Å²) < 4.78 is 36.5. The Kier molecular flexibility index (Phi) is 14.8. The number of methoxy groups -OCH3 is 1. The van der Waals surface area contributed by atoms with E-state index in [1.807, 2.05) is 58.0 Å². The van der Waals surface area contributed by atoms with Gasteiger partial charge in [-0.25, -0.2) is 9.07 Å². The Morgan fingerprint density at radius 2 is 1.85 bits per heavy atom. The number of aliphatic hydroxyl groups is 2. The molecule has 4 aliphatic rings. The van der Waals surface area contributed by atoms with Crippen LogP contribution in [0.5, 0.6) is 11.8 Å². The number of nitrogens with one attached hydrogen (secondary N) is 3. The van der Waals surface area contributed by atoms with Gasteiger partial charge in [0.2, 0.25) is 11.8 Å². The number of anilines is 1. The molecule has 7 aromatic rings. The van der Waals surface area contributed by atoms with E-state index in [-0.39, 0.29) is 62.0 Å². The first-order valence-corrected chi connectivity index (χ1v) is 27.0. The summed E-state index contributed by atoms with van der Waals surface area (Å²) in [6, 6.07) is 13.0. The first-order chi connectivity index (χ1) is 37.8. The van der Waals surface area contributed by atoms with Crippen LogP contribution in [0.3, 0.4) is 0 Å². The highest BCUT2D eigenvalue weighted by molar-refractivity contribution is 6.06. The fourth-order valence-corrected chi connectivity index (χ4v) is 11.2. The molecule has 2 amide bonds. The first kappa shape index (κ1) is 52.5. The van der Waals surface area contributed by atoms with Gasteiger partial charge in [-0.2, -0.15) is 15.1 Å². The van der Waals surface area contributed by atoms with Crippen molar-refractivity contribution >= 4 is 39.4 Å². The van der Waals surface area contributed by atoms with Crippen molar-refractivity contribution in [3.63, 3.8) is 0 Å². The third kappa shape index (κ3) is 10.3. The van der Waals surface area contributed by atoms with E-state index in [1.165, 1.54) is 15.6 Å². The highest BCUT2D eigenvalue weighted by Gasteiger charge is 2.44. The van der Waals surface area contributed by atoms with Crippen LogP contribution in [0.25, 0.3) is 44.2 Å². The van der Waals surface area contributed by atoms with Crippen LogP contribution in [0.1, 0.15) is 93.3 Å². The Labute approximate surface area is 451 Å². The number of halogens is 1. The van der Waals surface area contributed by atoms with Gasteiger partial charge in [-0.15, -0.1) is 5.10 Å². The highest BCUT2D eigenvalue weighted by Crippen LogP contribution is 2.53. The van der Waals surface area contributed by atoms with Crippen LogP contribution in [0.4, 0.5) is 10.2 Å². The molecular weight excluding hydrogens is 996 g/mol. The summed E-state index contributed by atoms with van der Waals surface area (Å²) in [5, 5.41) is 45.3. The van der Waals surface area contributed by atoms with E-state index in [9.17, 15) is 19.8 Å². The number of H-pyrrole nitrogens is 1. The van der Waals surface area contributed by atoms with Gasteiger partial charge < -0.3 is 44.9 Å². The van der Waals surface area contributed by atoms with Crippen LogP contribution < -0.4 is 25.0 Å². The van der Waals surface area contributed by atoms with Crippen LogP contribution in [0.2, 0.25) is 0 Å². The molecule has 11 rings (SSSR count). The smallest absolute Gasteiger partial charge is 0.319 e. The molecule has 406 valence electrons. The van der Waals surface area contributed by atoms with E-state index in [1.54, 1.807) is 38.7 Å². The van der Waals surface area contributed by atoms with E-state index >= 15 is 4.39 Å². The number of β-amino-alcohol motifs (C(OH)–C–C–N with tert-alkyl or cyclic N) is 1. The second kappa shape index (κ2) is 22.0. The number of nitrogens with zero attached hydrogens (tertiary/aromatic N) is 9. The Hall–Kier alpha value is -7.57. The Bertz CT molecular complexity index is 3440. The lowest BCUT2D eigenvalue weighted by molar-refractivity contribution is -0.142. The van der Waals surface area contributed by atoms with Crippen LogP contribution >= 0.6 is 0 Å². The number of aryl methyl sites for hydroxylation is 1. The van der Waals surface area contributed by atoms with Gasteiger partial charge in [-0.05, 0) is 92.3 Å². The fraction of sp³-hybridized carbons (Fsp3) is 0.448. The van der Waals surface area contributed by atoms with Gasteiger partial charge in [-0.3, -0.25) is 19.7 Å². The van der Waals surface area contributed by atoms with Crippen molar-refractivity contribution in [3.8, 4) is 46.0 Å². The molecule has 20 heteroatoms. The molecule has 78 heavy (non-hydrogen) atoms. The monoisotopic (exact) mass is 1060 g/mol. The predicted molar refractivity (Wildman–Crippen MR) is 290 cm³/mol. The lowest BCUT2D eigenvalue weighted by Crippen LogP contribution is -2.51. The lowest BCUT2D eigenvalue weighted by Gasteiger charge is -2.30. The maximum absolute atomic E-state index is 16.1. The molecule has 1 saturated carbocycles. The molecule has 3 saturated heterocycles. The van der Waals surface area contributed by atoms with Gasteiger partial charge in [-0.1, -0.05) is 62.1 Å². The maximum atomic E-state index is 16.1. The number of likely N-dealkylation sites (tertiary alicyclic amines) is 1. The number of fused-ring (bicyclic) bond motifs is 4. The van der Waals surface area contributed by atoms with Crippen LogP contribution in [-0.4, -0.2) is 143 Å². The molecule has 5 N–H and O–H groups in total. The van der Waals surface area contributed by atoms with E-state index < -0.39 is 42.7 Å². The second-order valence-electron chi connectivity index (χ2n) is 21.4. The number of piperazine rings is 1. The number of aromatic amines is 1. The number of hydrogen-bond acceptors (Lipinski definition) is 15. The number of aromatic nitrogens is 8. The van der Waals surface area contributed by atoms with Crippen molar-refractivity contribution in [1.82, 2.24) is 55.7 Å². The molecule has 0 spiro atoms. The molecule has 4 fully saturated rings. The number of amides is 2. The molecule has 0 radical (unpaired) electrons. The molecule has 3 aliphatic heterocycles. The van der Waals surface area contributed by atoms with Gasteiger partial charge in [0.1, 0.15) is 54.2 Å². The molecule has 2 bridgehead atoms. The average Bonchev–Trinajstić information content (AvgIpc) is 4.10. The zero-order chi connectivity index (χ0) is 54.4. The number of carbonyl (C=O) groups excluding carboxylic acids is 2. The quantitative estimate of drug-likeness (QED) is 0.0626. The normalized spacial score (nSPS) is 20.1. The summed E-state index contributed by atoms with van der Waals surface area (Å²) in [7, 11) is 1.63. The number of pyridine rings is 1. The zero-order valence-corrected chi connectivity index (χ0v) is 44.7. The summed E-state index contributed by atoms with van der Waals surface area (Å²) in [5.74, 6) is 5.86. The van der Waals surface area contributed by atoms with Crippen molar-refractivity contribution < 1.29 is 38.4 Å². The third-order valence-electron chi connectivity index (χ3n) is 15.6. The Morgan fingerprint density at radius 3 is 2.56 bits per heavy atom. The largest absolute Gasteiger partial charge is 0.486 e.